The van der Waals surface area contributed by atoms with E-state index < -0.39 is 0 Å². The summed E-state index contributed by atoms with van der Waals surface area (Å²) in [6.45, 7) is 0.900. The molecule has 0 radical (unpaired) electrons. The van der Waals surface area contributed by atoms with E-state index in [-0.39, 0.29) is 0 Å². The molecule has 3 N–H and O–H groups in total. The average molecular weight is 166 g/mol. The molecule has 1 aromatic heterocycles. The highest BCUT2D eigenvalue weighted by Gasteiger charge is 1.96. The number of nitrogens with one attached hydrogen (secondary N) is 1. The standard InChI is InChI=1S/C8H14N4/c1-12(2)6-7-3-4-10-8(5-7)11-9/h3-5H,6,9H2,1-2H3,(H,10,11). The van der Waals surface area contributed by atoms with E-state index in [1.807, 2.05) is 26.2 Å². The van der Waals surface area contributed by atoms with E-state index in [1.165, 1.54) is 5.56 Å². The van der Waals surface area contributed by atoms with Gasteiger partial charge in [-0.15, -0.1) is 0 Å². The highest BCUT2D eigenvalue weighted by molar-refractivity contribution is 5.35. The quantitative estimate of drug-likeness (QED) is 0.505. The van der Waals surface area contributed by atoms with Crippen molar-refractivity contribution in [1.82, 2.24) is 9.88 Å². The Kier molecular flexibility index (Phi) is 3.01. The second-order valence-corrected chi connectivity index (χ2v) is 2.93. The van der Waals surface area contributed by atoms with Crippen LogP contribution in [0.1, 0.15) is 5.56 Å². The largest absolute Gasteiger partial charge is 0.308 e. The second-order valence-electron chi connectivity index (χ2n) is 2.93. The van der Waals surface area contributed by atoms with E-state index in [1.54, 1.807) is 6.20 Å². The maximum atomic E-state index is 5.22. The molecule has 1 aromatic rings. The summed E-state index contributed by atoms with van der Waals surface area (Å²) in [5, 5.41) is 0. The molecule has 0 aliphatic rings. The molecule has 12 heavy (non-hydrogen) atoms. The minimum Gasteiger partial charge on any atom is -0.308 e. The van der Waals surface area contributed by atoms with E-state index in [4.69, 9.17) is 5.84 Å². The Hall–Kier alpha value is -1.13. The van der Waals surface area contributed by atoms with E-state index >= 15 is 0 Å². The van der Waals surface area contributed by atoms with Gasteiger partial charge in [-0.2, -0.15) is 0 Å². The van der Waals surface area contributed by atoms with Gasteiger partial charge in [0, 0.05) is 12.7 Å². The minimum atomic E-state index is 0.703. The summed E-state index contributed by atoms with van der Waals surface area (Å²) in [6, 6.07) is 3.90. The molecule has 1 rings (SSSR count). The normalized spacial score (nSPS) is 10.3. The topological polar surface area (TPSA) is 54.2 Å². The Morgan fingerprint density at radius 1 is 1.58 bits per heavy atom. The highest BCUT2D eigenvalue weighted by atomic mass is 15.2. The zero-order valence-electron chi connectivity index (χ0n) is 7.41. The van der Waals surface area contributed by atoms with Crippen LogP contribution in [0.2, 0.25) is 0 Å². The van der Waals surface area contributed by atoms with Crippen LogP contribution < -0.4 is 11.3 Å². The van der Waals surface area contributed by atoms with Crippen LogP contribution in [0.4, 0.5) is 5.82 Å². The molecular formula is C8H14N4. The van der Waals surface area contributed by atoms with Gasteiger partial charge in [-0.1, -0.05) is 0 Å². The van der Waals surface area contributed by atoms with Crippen molar-refractivity contribution in [3.8, 4) is 0 Å². The fourth-order valence-electron chi connectivity index (χ4n) is 1.02. The first-order chi connectivity index (χ1) is 5.72. The predicted molar refractivity (Wildman–Crippen MR) is 49.4 cm³/mol. The molecule has 0 fully saturated rings. The maximum absolute atomic E-state index is 5.22. The van der Waals surface area contributed by atoms with E-state index in [0.29, 0.717) is 5.82 Å². The molecular weight excluding hydrogens is 152 g/mol. The Morgan fingerprint density at radius 3 is 2.92 bits per heavy atom. The van der Waals surface area contributed by atoms with Crippen molar-refractivity contribution in [3.05, 3.63) is 23.9 Å². The van der Waals surface area contributed by atoms with E-state index in [0.717, 1.165) is 6.54 Å². The number of nitrogen functional groups attached to an aromatic ring is 1. The van der Waals surface area contributed by atoms with Crippen LogP contribution in [0.15, 0.2) is 18.3 Å². The second kappa shape index (κ2) is 4.04. The summed E-state index contributed by atoms with van der Waals surface area (Å²) < 4.78 is 0. The van der Waals surface area contributed by atoms with Crippen molar-refractivity contribution in [2.45, 2.75) is 6.54 Å². The first-order valence-electron chi connectivity index (χ1n) is 3.78. The number of hydrogen-bond acceptors (Lipinski definition) is 4. The lowest BCUT2D eigenvalue weighted by Gasteiger charge is -2.09. The van der Waals surface area contributed by atoms with Crippen molar-refractivity contribution in [2.24, 2.45) is 5.84 Å². The number of nitrogens with two attached hydrogens (primary N) is 1. The van der Waals surface area contributed by atoms with Crippen molar-refractivity contribution in [3.63, 3.8) is 0 Å². The van der Waals surface area contributed by atoms with Gasteiger partial charge in [0.05, 0.1) is 0 Å². The molecule has 0 atom stereocenters. The third-order valence-electron chi connectivity index (χ3n) is 1.47. The molecule has 0 aliphatic heterocycles. The zero-order chi connectivity index (χ0) is 8.97. The number of nitrogens with zero attached hydrogens (tertiary/aromatic N) is 2. The molecule has 1 heterocycles. The lowest BCUT2D eigenvalue weighted by Crippen LogP contribution is -2.12. The van der Waals surface area contributed by atoms with E-state index in [2.05, 4.69) is 15.3 Å². The van der Waals surface area contributed by atoms with Gasteiger partial charge in [0.2, 0.25) is 0 Å². The summed E-state index contributed by atoms with van der Waals surface area (Å²) in [6.07, 6.45) is 1.74. The molecule has 0 spiro atoms. The van der Waals surface area contributed by atoms with Gasteiger partial charge in [0.15, 0.2) is 0 Å². The number of hydrogen-bond donors (Lipinski definition) is 2. The fourth-order valence-corrected chi connectivity index (χ4v) is 1.02. The SMILES string of the molecule is CN(C)Cc1ccnc(NN)c1. The zero-order valence-corrected chi connectivity index (χ0v) is 7.41. The number of pyridine rings is 1. The molecule has 0 bridgehead atoms. The fraction of sp³-hybridized carbons (Fsp3) is 0.375. The summed E-state index contributed by atoms with van der Waals surface area (Å²) in [5.74, 6) is 5.93. The molecule has 0 aromatic carbocycles. The summed E-state index contributed by atoms with van der Waals surface area (Å²) in [4.78, 5) is 6.10. The van der Waals surface area contributed by atoms with Gasteiger partial charge in [0.1, 0.15) is 5.82 Å². The summed E-state index contributed by atoms with van der Waals surface area (Å²) >= 11 is 0. The highest BCUT2D eigenvalue weighted by Crippen LogP contribution is 2.06. The van der Waals surface area contributed by atoms with Crippen molar-refractivity contribution in [1.29, 1.82) is 0 Å². The van der Waals surface area contributed by atoms with Crippen LogP contribution in [-0.2, 0) is 6.54 Å². The lowest BCUT2D eigenvalue weighted by molar-refractivity contribution is 0.402. The number of aromatic nitrogens is 1. The van der Waals surface area contributed by atoms with Crippen molar-refractivity contribution < 1.29 is 0 Å². The number of anilines is 1. The molecule has 4 heteroatoms. The van der Waals surface area contributed by atoms with Crippen LogP contribution in [0.3, 0.4) is 0 Å². The van der Waals surface area contributed by atoms with Crippen LogP contribution in [0.25, 0.3) is 0 Å². The minimum absolute atomic E-state index is 0.703. The third kappa shape index (κ3) is 2.48. The first kappa shape index (κ1) is 8.96. The van der Waals surface area contributed by atoms with Gasteiger partial charge < -0.3 is 10.3 Å². The summed E-state index contributed by atoms with van der Waals surface area (Å²) in [5.41, 5.74) is 3.71. The van der Waals surface area contributed by atoms with Gasteiger partial charge in [-0.25, -0.2) is 10.8 Å². The maximum Gasteiger partial charge on any atom is 0.140 e. The molecule has 66 valence electrons. The lowest BCUT2D eigenvalue weighted by atomic mass is 10.2. The third-order valence-corrected chi connectivity index (χ3v) is 1.47. The van der Waals surface area contributed by atoms with Crippen molar-refractivity contribution in [2.75, 3.05) is 19.5 Å². The van der Waals surface area contributed by atoms with Gasteiger partial charge in [-0.05, 0) is 31.8 Å². The summed E-state index contributed by atoms with van der Waals surface area (Å²) in [7, 11) is 4.05. The average Bonchev–Trinajstić information content (AvgIpc) is 2.03. The Balaban J connectivity index is 2.72. The van der Waals surface area contributed by atoms with Crippen LogP contribution in [0.5, 0.6) is 0 Å². The molecule has 0 amide bonds. The van der Waals surface area contributed by atoms with E-state index in [9.17, 15) is 0 Å². The monoisotopic (exact) mass is 166 g/mol. The first-order valence-corrected chi connectivity index (χ1v) is 3.78. The van der Waals surface area contributed by atoms with Crippen LogP contribution in [0, 0.1) is 0 Å². The van der Waals surface area contributed by atoms with Gasteiger partial charge in [0.25, 0.3) is 0 Å². The van der Waals surface area contributed by atoms with Gasteiger partial charge >= 0.3 is 0 Å². The number of hydrazine groups is 1. The molecule has 4 nitrogen and oxygen atoms in total. The molecule has 0 aliphatic carbocycles. The smallest absolute Gasteiger partial charge is 0.140 e. The molecule has 0 saturated carbocycles. The number of rotatable bonds is 3. The molecule has 0 saturated heterocycles. The van der Waals surface area contributed by atoms with Crippen molar-refractivity contribution >= 4 is 5.82 Å². The molecule has 0 unspecified atom stereocenters. The van der Waals surface area contributed by atoms with Gasteiger partial charge in [-0.3, -0.25) is 0 Å². The van der Waals surface area contributed by atoms with Crippen LogP contribution in [-0.4, -0.2) is 24.0 Å². The predicted octanol–water partition coefficient (Wildman–Crippen LogP) is 0.429. The Morgan fingerprint density at radius 2 is 2.33 bits per heavy atom. The Bertz CT molecular complexity index is 247. The van der Waals surface area contributed by atoms with Crippen LogP contribution >= 0.6 is 0 Å². The Labute approximate surface area is 72.4 Å².